The molecule has 8 nitrogen and oxygen atoms in total. The van der Waals surface area contributed by atoms with Crippen LogP contribution in [0.1, 0.15) is 52.0 Å². The molecule has 0 bridgehead atoms. The summed E-state index contributed by atoms with van der Waals surface area (Å²) in [6.07, 6.45) is 3.84. The van der Waals surface area contributed by atoms with Gasteiger partial charge in [0.05, 0.1) is 12.5 Å². The highest BCUT2D eigenvalue weighted by Gasteiger charge is 2.37. The van der Waals surface area contributed by atoms with E-state index in [2.05, 4.69) is 5.10 Å². The highest BCUT2D eigenvalue weighted by Crippen LogP contribution is 2.35. The fourth-order valence-corrected chi connectivity index (χ4v) is 4.72. The fraction of sp³-hybridized carbons (Fsp3) is 0.375. The highest BCUT2D eigenvalue weighted by atomic mass is 19.1. The maximum Gasteiger partial charge on any atom is 0.272 e. The number of carbonyl (C=O) groups is 2. The van der Waals surface area contributed by atoms with Gasteiger partial charge in [-0.05, 0) is 43.9 Å². The molecule has 2 aromatic heterocycles. The number of halogens is 1. The van der Waals surface area contributed by atoms with E-state index in [0.717, 1.165) is 24.1 Å². The summed E-state index contributed by atoms with van der Waals surface area (Å²) in [4.78, 5) is 38.8. The van der Waals surface area contributed by atoms with Gasteiger partial charge in [0, 0.05) is 37.6 Å². The average molecular weight is 449 g/mol. The first kappa shape index (κ1) is 21.2. The fourth-order valence-electron chi connectivity index (χ4n) is 4.72. The summed E-state index contributed by atoms with van der Waals surface area (Å²) in [5, 5.41) is 4.11. The van der Waals surface area contributed by atoms with E-state index >= 15 is 0 Å². The van der Waals surface area contributed by atoms with Gasteiger partial charge in [-0.1, -0.05) is 18.2 Å². The summed E-state index contributed by atoms with van der Waals surface area (Å²) in [6, 6.07) is 8.03. The lowest BCUT2D eigenvalue weighted by Crippen LogP contribution is -2.33. The maximum absolute atomic E-state index is 14.1. The molecule has 0 radical (unpaired) electrons. The molecule has 0 N–H and O–H groups in total. The van der Waals surface area contributed by atoms with Gasteiger partial charge in [-0.25, -0.2) is 14.4 Å². The van der Waals surface area contributed by atoms with Crippen molar-refractivity contribution in [2.75, 3.05) is 18.0 Å². The number of fused-ring (bicyclic) bond motifs is 1. The van der Waals surface area contributed by atoms with E-state index in [1.807, 2.05) is 6.92 Å². The number of likely N-dealkylation sites (tertiary alicyclic amines) is 1. The molecule has 0 spiro atoms. The summed E-state index contributed by atoms with van der Waals surface area (Å²) < 4.78 is 15.6. The lowest BCUT2D eigenvalue weighted by atomic mass is 10.1. The van der Waals surface area contributed by atoms with Gasteiger partial charge < -0.3 is 4.90 Å². The third-order valence-electron chi connectivity index (χ3n) is 6.51. The van der Waals surface area contributed by atoms with Crippen molar-refractivity contribution in [2.45, 2.75) is 38.6 Å². The van der Waals surface area contributed by atoms with Gasteiger partial charge in [0.25, 0.3) is 5.91 Å². The first-order valence-corrected chi connectivity index (χ1v) is 11.1. The highest BCUT2D eigenvalue weighted by molar-refractivity contribution is 6.00. The molecule has 170 valence electrons. The van der Waals surface area contributed by atoms with Crippen LogP contribution in [-0.2, 0) is 24.7 Å². The van der Waals surface area contributed by atoms with Gasteiger partial charge in [-0.15, -0.1) is 0 Å². The Hall–Kier alpha value is -3.62. The third kappa shape index (κ3) is 3.77. The van der Waals surface area contributed by atoms with Gasteiger partial charge >= 0.3 is 0 Å². The van der Waals surface area contributed by atoms with Gasteiger partial charge in [0.15, 0.2) is 5.82 Å². The van der Waals surface area contributed by atoms with E-state index in [-0.39, 0.29) is 30.1 Å². The molecule has 4 heterocycles. The Bertz CT molecular complexity index is 1240. The second-order valence-electron chi connectivity index (χ2n) is 8.53. The number of carbonyl (C=O) groups excluding carboxylic acids is 2. The number of benzene rings is 1. The number of hydrogen-bond donors (Lipinski definition) is 0. The summed E-state index contributed by atoms with van der Waals surface area (Å²) >= 11 is 0. The zero-order valence-corrected chi connectivity index (χ0v) is 18.7. The molecule has 0 aliphatic carbocycles. The van der Waals surface area contributed by atoms with Crippen LogP contribution in [0.3, 0.4) is 0 Å². The van der Waals surface area contributed by atoms with Crippen molar-refractivity contribution in [3.63, 3.8) is 0 Å². The SMILES string of the molecule is Cc1nc([C@@H]2CCCN2C(=O)c2ccnn2C)nc2c1CC(=O)N2CCc1ccccc1F. The zero-order valence-electron chi connectivity index (χ0n) is 18.7. The Morgan fingerprint density at radius 1 is 1.21 bits per heavy atom. The third-order valence-corrected chi connectivity index (χ3v) is 6.51. The number of amides is 2. The van der Waals surface area contributed by atoms with Crippen LogP contribution in [0.5, 0.6) is 0 Å². The molecule has 3 aromatic rings. The molecule has 5 rings (SSSR count). The maximum atomic E-state index is 14.1. The van der Waals surface area contributed by atoms with Crippen LogP contribution in [0, 0.1) is 12.7 Å². The van der Waals surface area contributed by atoms with E-state index in [1.165, 1.54) is 6.07 Å². The molecule has 1 saturated heterocycles. The number of hydrogen-bond acceptors (Lipinski definition) is 5. The normalized spacial score (nSPS) is 17.7. The minimum Gasteiger partial charge on any atom is -0.327 e. The smallest absolute Gasteiger partial charge is 0.272 e. The Morgan fingerprint density at radius 3 is 2.79 bits per heavy atom. The van der Waals surface area contributed by atoms with Crippen molar-refractivity contribution in [2.24, 2.45) is 7.05 Å². The number of aromatic nitrogens is 4. The van der Waals surface area contributed by atoms with Crippen LogP contribution in [0.2, 0.25) is 0 Å². The van der Waals surface area contributed by atoms with E-state index in [1.54, 1.807) is 52.0 Å². The minimum absolute atomic E-state index is 0.0647. The van der Waals surface area contributed by atoms with Gasteiger partial charge in [0.1, 0.15) is 17.3 Å². The second kappa shape index (κ2) is 8.38. The average Bonchev–Trinajstić information content (AvgIpc) is 3.52. The first-order valence-electron chi connectivity index (χ1n) is 11.1. The van der Waals surface area contributed by atoms with Crippen LogP contribution < -0.4 is 4.90 Å². The second-order valence-corrected chi connectivity index (χ2v) is 8.53. The quantitative estimate of drug-likeness (QED) is 0.599. The Labute approximate surface area is 191 Å². The number of nitrogens with zero attached hydrogens (tertiary/aromatic N) is 6. The molecule has 33 heavy (non-hydrogen) atoms. The molecule has 1 atom stereocenters. The molecule has 2 aliphatic rings. The molecular weight excluding hydrogens is 423 g/mol. The van der Waals surface area contributed by atoms with Crippen LogP contribution in [0.4, 0.5) is 10.2 Å². The van der Waals surface area contributed by atoms with Crippen LogP contribution in [0.25, 0.3) is 0 Å². The Morgan fingerprint density at radius 2 is 2.03 bits per heavy atom. The summed E-state index contributed by atoms with van der Waals surface area (Å²) in [7, 11) is 1.74. The van der Waals surface area contributed by atoms with Crippen molar-refractivity contribution in [3.8, 4) is 0 Å². The van der Waals surface area contributed by atoms with Crippen molar-refractivity contribution >= 4 is 17.6 Å². The lowest BCUT2D eigenvalue weighted by molar-refractivity contribution is -0.117. The van der Waals surface area contributed by atoms with E-state index in [9.17, 15) is 14.0 Å². The van der Waals surface area contributed by atoms with E-state index < -0.39 is 0 Å². The van der Waals surface area contributed by atoms with Crippen molar-refractivity contribution in [1.29, 1.82) is 0 Å². The molecule has 9 heteroatoms. The molecule has 1 fully saturated rings. The molecular formula is C24H25FN6O2. The number of rotatable bonds is 5. The number of aryl methyl sites for hydroxylation is 2. The minimum atomic E-state index is -0.279. The molecule has 2 amide bonds. The first-order chi connectivity index (χ1) is 15.9. The number of anilines is 1. The predicted molar refractivity (Wildman–Crippen MR) is 119 cm³/mol. The Balaban J connectivity index is 1.43. The van der Waals surface area contributed by atoms with Gasteiger partial charge in [-0.2, -0.15) is 5.10 Å². The Kier molecular flexibility index (Phi) is 5.39. The van der Waals surface area contributed by atoms with Crippen molar-refractivity contribution in [1.82, 2.24) is 24.6 Å². The summed E-state index contributed by atoms with van der Waals surface area (Å²) in [5.41, 5.74) is 2.63. The monoisotopic (exact) mass is 448 g/mol. The van der Waals surface area contributed by atoms with Crippen molar-refractivity contribution in [3.05, 3.63) is 70.7 Å². The molecule has 0 saturated carbocycles. The summed E-state index contributed by atoms with van der Waals surface area (Å²) in [6.45, 7) is 2.83. The van der Waals surface area contributed by atoms with Gasteiger partial charge in [-0.3, -0.25) is 19.2 Å². The molecule has 2 aliphatic heterocycles. The zero-order chi connectivity index (χ0) is 23.1. The largest absolute Gasteiger partial charge is 0.327 e. The predicted octanol–water partition coefficient (Wildman–Crippen LogP) is 2.77. The van der Waals surface area contributed by atoms with Crippen LogP contribution in [0.15, 0.2) is 36.5 Å². The van der Waals surface area contributed by atoms with Crippen LogP contribution >= 0.6 is 0 Å². The van der Waals surface area contributed by atoms with Crippen LogP contribution in [-0.4, -0.2) is 49.6 Å². The topological polar surface area (TPSA) is 84.2 Å². The van der Waals surface area contributed by atoms with Crippen molar-refractivity contribution < 1.29 is 14.0 Å². The molecule has 0 unspecified atom stereocenters. The summed E-state index contributed by atoms with van der Waals surface area (Å²) in [5.74, 6) is 0.680. The molecule has 1 aromatic carbocycles. The van der Waals surface area contributed by atoms with Gasteiger partial charge in [0.2, 0.25) is 5.91 Å². The van der Waals surface area contributed by atoms with E-state index in [4.69, 9.17) is 9.97 Å². The van der Waals surface area contributed by atoms with E-state index in [0.29, 0.717) is 42.4 Å². The standard InChI is InChI=1S/C24H25FN6O2/c1-15-17-14-21(32)31(13-10-16-6-3-4-7-18(16)25)23(17)28-22(27-15)19-8-5-12-30(19)24(33)20-9-11-26-29(20)2/h3-4,6-7,9,11,19H,5,8,10,12-14H2,1-2H3/t19-/m0/s1. The lowest BCUT2D eigenvalue weighted by Gasteiger charge is -2.25.